The van der Waals surface area contributed by atoms with Crippen LogP contribution in [0.5, 0.6) is 0 Å². The molecule has 0 aliphatic carbocycles. The van der Waals surface area contributed by atoms with Crippen LogP contribution in [0.1, 0.15) is 11.4 Å². The van der Waals surface area contributed by atoms with E-state index in [4.69, 9.17) is 0 Å². The third-order valence-corrected chi connectivity index (χ3v) is 5.49. The van der Waals surface area contributed by atoms with Gasteiger partial charge in [-0.15, -0.1) is 11.3 Å². The predicted octanol–water partition coefficient (Wildman–Crippen LogP) is 1.79. The highest BCUT2D eigenvalue weighted by Crippen LogP contribution is 2.27. The van der Waals surface area contributed by atoms with Crippen LogP contribution in [0.15, 0.2) is 17.8 Å². The quantitative estimate of drug-likeness (QED) is 0.727. The summed E-state index contributed by atoms with van der Waals surface area (Å²) in [4.78, 5) is 26.6. The van der Waals surface area contributed by atoms with Crippen LogP contribution in [0.4, 0.5) is 11.5 Å². The monoisotopic (exact) mass is 371 g/mol. The zero-order chi connectivity index (χ0) is 18.1. The molecule has 4 rings (SSSR count). The highest BCUT2D eigenvalue weighted by Gasteiger charge is 2.22. The first-order chi connectivity index (χ1) is 12.6. The van der Waals surface area contributed by atoms with Crippen LogP contribution in [0.25, 0.3) is 10.2 Å². The fourth-order valence-electron chi connectivity index (χ4n) is 3.26. The molecular weight excluding hydrogens is 350 g/mol. The van der Waals surface area contributed by atoms with Crippen LogP contribution >= 0.6 is 11.3 Å². The molecule has 1 aliphatic heterocycles. The van der Waals surface area contributed by atoms with Gasteiger partial charge in [0.1, 0.15) is 17.0 Å². The molecule has 1 amide bonds. The lowest BCUT2D eigenvalue weighted by atomic mass is 10.2. The molecule has 9 heteroatoms. The topological polar surface area (TPSA) is 90.0 Å². The molecule has 1 fully saturated rings. The fourth-order valence-corrected chi connectivity index (χ4v) is 3.99. The van der Waals surface area contributed by atoms with E-state index < -0.39 is 0 Å². The highest BCUT2D eigenvalue weighted by atomic mass is 32.1. The second kappa shape index (κ2) is 7.00. The van der Waals surface area contributed by atoms with Crippen molar-refractivity contribution in [3.63, 3.8) is 0 Å². The number of aromatic nitrogens is 4. The van der Waals surface area contributed by atoms with Crippen molar-refractivity contribution in [2.24, 2.45) is 0 Å². The minimum atomic E-state index is -0.00619. The molecular formula is C17H21N7OS. The van der Waals surface area contributed by atoms with Crippen molar-refractivity contribution in [1.82, 2.24) is 25.1 Å². The van der Waals surface area contributed by atoms with Gasteiger partial charge in [-0.25, -0.2) is 9.97 Å². The number of aromatic amines is 1. The summed E-state index contributed by atoms with van der Waals surface area (Å²) in [6, 6.07) is 2.07. The Morgan fingerprint density at radius 1 is 1.27 bits per heavy atom. The molecule has 0 atom stereocenters. The molecule has 3 aromatic heterocycles. The summed E-state index contributed by atoms with van der Waals surface area (Å²) >= 11 is 1.63. The van der Waals surface area contributed by atoms with E-state index in [1.807, 2.05) is 19.2 Å². The normalized spacial score (nSPS) is 15.5. The molecule has 136 valence electrons. The van der Waals surface area contributed by atoms with Crippen LogP contribution < -0.4 is 10.2 Å². The zero-order valence-electron chi connectivity index (χ0n) is 14.8. The molecule has 4 heterocycles. The molecule has 26 heavy (non-hydrogen) atoms. The SMILES string of the molecule is Cc1n[nH]c(C)c1NC(=O)CN1CCN(c2ncnc3sccc23)CC1. The van der Waals surface area contributed by atoms with Gasteiger partial charge in [0, 0.05) is 26.2 Å². The Morgan fingerprint density at radius 2 is 2.08 bits per heavy atom. The Morgan fingerprint density at radius 3 is 2.81 bits per heavy atom. The number of anilines is 2. The number of hydrogen-bond acceptors (Lipinski definition) is 7. The number of carbonyl (C=O) groups is 1. The van der Waals surface area contributed by atoms with E-state index in [9.17, 15) is 4.79 Å². The first kappa shape index (κ1) is 16.9. The third kappa shape index (κ3) is 3.27. The number of nitrogens with one attached hydrogen (secondary N) is 2. The largest absolute Gasteiger partial charge is 0.353 e. The van der Waals surface area contributed by atoms with Crippen molar-refractivity contribution in [3.8, 4) is 0 Å². The number of nitrogens with zero attached hydrogens (tertiary/aromatic N) is 5. The Hall–Kier alpha value is -2.52. The number of thiophene rings is 1. The molecule has 0 spiro atoms. The van der Waals surface area contributed by atoms with Crippen LogP contribution in [-0.2, 0) is 4.79 Å². The van der Waals surface area contributed by atoms with Gasteiger partial charge in [0.05, 0.1) is 29.0 Å². The van der Waals surface area contributed by atoms with Crippen LogP contribution in [0.2, 0.25) is 0 Å². The molecule has 2 N–H and O–H groups in total. The first-order valence-electron chi connectivity index (χ1n) is 8.59. The van der Waals surface area contributed by atoms with Gasteiger partial charge in [0.2, 0.25) is 5.91 Å². The van der Waals surface area contributed by atoms with Gasteiger partial charge in [-0.05, 0) is 25.3 Å². The maximum Gasteiger partial charge on any atom is 0.238 e. The molecule has 1 aliphatic rings. The van der Waals surface area contributed by atoms with Gasteiger partial charge in [-0.1, -0.05) is 0 Å². The standard InChI is InChI=1S/C17H21N7OS/c1-11-15(12(2)22-21-11)20-14(25)9-23-4-6-24(7-5-23)16-13-3-8-26-17(13)19-10-18-16/h3,8,10H,4-7,9H2,1-2H3,(H,20,25)(H,21,22). The second-order valence-corrected chi connectivity index (χ2v) is 7.35. The summed E-state index contributed by atoms with van der Waals surface area (Å²) in [6.45, 7) is 7.51. The number of fused-ring (bicyclic) bond motifs is 1. The molecule has 0 radical (unpaired) electrons. The smallest absolute Gasteiger partial charge is 0.238 e. The van der Waals surface area contributed by atoms with Gasteiger partial charge in [-0.3, -0.25) is 14.8 Å². The van der Waals surface area contributed by atoms with E-state index in [2.05, 4.69) is 41.3 Å². The fraction of sp³-hybridized carbons (Fsp3) is 0.412. The number of carbonyl (C=O) groups excluding carboxylic acids is 1. The van der Waals surface area contributed by atoms with Gasteiger partial charge in [0.15, 0.2) is 0 Å². The third-order valence-electron chi connectivity index (χ3n) is 4.67. The average Bonchev–Trinajstić information content (AvgIpc) is 3.24. The van der Waals surface area contributed by atoms with E-state index in [1.165, 1.54) is 0 Å². The van der Waals surface area contributed by atoms with Gasteiger partial charge < -0.3 is 10.2 Å². The molecule has 8 nitrogen and oxygen atoms in total. The van der Waals surface area contributed by atoms with Crippen molar-refractivity contribution in [3.05, 3.63) is 29.2 Å². The maximum atomic E-state index is 12.3. The number of H-pyrrole nitrogens is 1. The Kier molecular flexibility index (Phi) is 4.56. The minimum absolute atomic E-state index is 0.00619. The molecule has 3 aromatic rings. The molecule has 0 saturated carbocycles. The van der Waals surface area contributed by atoms with E-state index >= 15 is 0 Å². The summed E-state index contributed by atoms with van der Waals surface area (Å²) < 4.78 is 0. The summed E-state index contributed by atoms with van der Waals surface area (Å²) in [5, 5.41) is 13.1. The molecule has 0 aromatic carbocycles. The Labute approximate surface area is 155 Å². The average molecular weight is 371 g/mol. The van der Waals surface area contributed by atoms with E-state index in [-0.39, 0.29) is 5.91 Å². The van der Waals surface area contributed by atoms with Gasteiger partial charge in [0.25, 0.3) is 0 Å². The van der Waals surface area contributed by atoms with Crippen LogP contribution in [0, 0.1) is 13.8 Å². The van der Waals surface area contributed by atoms with Crippen LogP contribution in [0.3, 0.4) is 0 Å². The van der Waals surface area contributed by atoms with Crippen LogP contribution in [-0.4, -0.2) is 63.7 Å². The highest BCUT2D eigenvalue weighted by molar-refractivity contribution is 7.16. The summed E-state index contributed by atoms with van der Waals surface area (Å²) in [5.74, 6) is 0.985. The van der Waals surface area contributed by atoms with Crippen molar-refractivity contribution < 1.29 is 4.79 Å². The number of hydrogen-bond donors (Lipinski definition) is 2. The number of amides is 1. The summed E-state index contributed by atoms with van der Waals surface area (Å²) in [6.07, 6.45) is 1.63. The summed E-state index contributed by atoms with van der Waals surface area (Å²) in [5.41, 5.74) is 2.47. The van der Waals surface area contributed by atoms with Gasteiger partial charge in [-0.2, -0.15) is 5.10 Å². The van der Waals surface area contributed by atoms with E-state index in [1.54, 1.807) is 17.7 Å². The number of piperazine rings is 1. The first-order valence-corrected chi connectivity index (χ1v) is 9.46. The van der Waals surface area contributed by atoms with Gasteiger partial charge >= 0.3 is 0 Å². The maximum absolute atomic E-state index is 12.3. The van der Waals surface area contributed by atoms with Crippen molar-refractivity contribution in [2.75, 3.05) is 42.9 Å². The predicted molar refractivity (Wildman–Crippen MR) is 103 cm³/mol. The van der Waals surface area contributed by atoms with E-state index in [0.29, 0.717) is 6.54 Å². The lowest BCUT2D eigenvalue weighted by Gasteiger charge is -2.35. The molecule has 0 unspecified atom stereocenters. The minimum Gasteiger partial charge on any atom is -0.353 e. The number of rotatable bonds is 4. The molecule has 1 saturated heterocycles. The van der Waals surface area contributed by atoms with Crippen molar-refractivity contribution in [2.45, 2.75) is 13.8 Å². The lowest BCUT2D eigenvalue weighted by Crippen LogP contribution is -2.49. The Balaban J connectivity index is 1.35. The molecule has 0 bridgehead atoms. The van der Waals surface area contributed by atoms with Crippen molar-refractivity contribution in [1.29, 1.82) is 0 Å². The number of aryl methyl sites for hydroxylation is 2. The zero-order valence-corrected chi connectivity index (χ0v) is 15.6. The second-order valence-electron chi connectivity index (χ2n) is 6.46. The van der Waals surface area contributed by atoms with E-state index in [0.717, 1.165) is 59.3 Å². The summed E-state index contributed by atoms with van der Waals surface area (Å²) in [7, 11) is 0. The lowest BCUT2D eigenvalue weighted by molar-refractivity contribution is -0.117. The Bertz CT molecular complexity index is 907. The van der Waals surface area contributed by atoms with Crippen molar-refractivity contribution >= 4 is 39.0 Å².